The van der Waals surface area contributed by atoms with E-state index in [4.69, 9.17) is 63.1 Å². The Kier molecular flexibility index (Phi) is 26.2. The normalized spacial score (nSPS) is 27.8. The van der Waals surface area contributed by atoms with Gasteiger partial charge in [-0.15, -0.1) is 0 Å². The minimum Gasteiger partial charge on any atom is -0.508 e. The fourth-order valence-corrected chi connectivity index (χ4v) is 18.2. The van der Waals surface area contributed by atoms with Crippen LogP contribution in [-0.2, 0) is 43.1 Å². The van der Waals surface area contributed by atoms with Crippen LogP contribution in [0.1, 0.15) is 160 Å². The maximum atomic E-state index is 16.6. The van der Waals surface area contributed by atoms with E-state index >= 15 is 28.8 Å². The lowest BCUT2D eigenvalue weighted by Crippen LogP contribution is -2.60. The predicted molar refractivity (Wildman–Crippen MR) is 418 cm³/mol. The lowest BCUT2D eigenvalue weighted by Gasteiger charge is -2.54. The van der Waals surface area contributed by atoms with Crippen molar-refractivity contribution in [3.8, 4) is 68.6 Å². The van der Waals surface area contributed by atoms with Crippen molar-refractivity contribution in [2.45, 2.75) is 164 Å². The van der Waals surface area contributed by atoms with Gasteiger partial charge in [-0.1, -0.05) is 62.2 Å². The number of aliphatic hydroxyl groups is 6. The number of fused-ring (bicyclic) bond motifs is 15. The number of carbonyl (C=O) groups excluding carboxylic acids is 9. The zero-order valence-corrected chi connectivity index (χ0v) is 65.7. The summed E-state index contributed by atoms with van der Waals surface area (Å²) in [5.41, 5.74) is 9.57. The average molecular weight is 1660 g/mol. The molecule has 14 atom stereocenters. The quantitative estimate of drug-likeness (QED) is 0.0394. The van der Waals surface area contributed by atoms with Gasteiger partial charge in [0.2, 0.25) is 41.6 Å². The Balaban J connectivity index is 0.998. The molecule has 4 aliphatic carbocycles. The molecule has 0 unspecified atom stereocenters. The first-order chi connectivity index (χ1) is 55.9. The largest absolute Gasteiger partial charge is 0.508 e. The van der Waals surface area contributed by atoms with Gasteiger partial charge in [-0.2, -0.15) is 0 Å². The van der Waals surface area contributed by atoms with Crippen LogP contribution >= 0.6 is 23.2 Å². The molecule has 0 aromatic heterocycles. The molecule has 31 nitrogen and oxygen atoms in total. The maximum Gasteiger partial charge on any atom is 0.257 e. The fourth-order valence-electron chi connectivity index (χ4n) is 17.7. The van der Waals surface area contributed by atoms with E-state index in [2.05, 4.69) is 26.6 Å². The van der Waals surface area contributed by atoms with Crippen molar-refractivity contribution in [2.75, 3.05) is 32.9 Å². The molecule has 6 amide bonds. The molecular formula is C84H95Cl2N7O24. The summed E-state index contributed by atoms with van der Waals surface area (Å²) >= 11 is 14.3. The number of aromatic hydroxyl groups is 3. The first kappa shape index (κ1) is 84.9. The van der Waals surface area contributed by atoms with Gasteiger partial charge in [0.25, 0.3) is 5.91 Å². The Hall–Kier alpha value is -10.0. The van der Waals surface area contributed by atoms with Crippen molar-refractivity contribution in [2.24, 2.45) is 58.8 Å². The molecule has 18 N–H and O–H groups in total. The van der Waals surface area contributed by atoms with Gasteiger partial charge in [-0.3, -0.25) is 48.5 Å². The van der Waals surface area contributed by atoms with Crippen LogP contribution < -0.4 is 61.7 Å². The Bertz CT molecular complexity index is 4800. The Morgan fingerprint density at radius 2 is 1.26 bits per heavy atom. The number of phenolic OH excluding ortho intramolecular Hbond substituents is 3. The van der Waals surface area contributed by atoms with E-state index < -0.39 is 204 Å². The number of aliphatic hydroxyl groups excluding tert-OH is 6. The zero-order valence-electron chi connectivity index (χ0n) is 64.2. The molecule has 117 heavy (non-hydrogen) atoms. The summed E-state index contributed by atoms with van der Waals surface area (Å²) in [4.78, 5) is 139. The van der Waals surface area contributed by atoms with E-state index in [9.17, 15) is 60.3 Å². The van der Waals surface area contributed by atoms with Crippen LogP contribution in [0.5, 0.6) is 57.5 Å². The van der Waals surface area contributed by atoms with E-state index in [1.165, 1.54) is 60.7 Å². The molecule has 33 heteroatoms. The zero-order chi connectivity index (χ0) is 83.7. The molecule has 16 rings (SSSR count). The summed E-state index contributed by atoms with van der Waals surface area (Å²) in [6, 6.07) is 10.8. The van der Waals surface area contributed by atoms with E-state index in [0.29, 0.717) is 18.3 Å². The van der Waals surface area contributed by atoms with Crippen LogP contribution in [0.25, 0.3) is 11.1 Å². The molecule has 624 valence electrons. The third-order valence-electron chi connectivity index (χ3n) is 23.4. The van der Waals surface area contributed by atoms with Gasteiger partial charge in [-0.05, 0) is 181 Å². The SMILES string of the molecule is CC[C@H](CC(C)C)C(=O)N[C@H]1C(=O)C[C@@H](CC(=O)NC(=O)c2ccc(OCCN)c(OCCN)c2)C(=O)N[C@H]2C(=O)C[C@H]3C(=O)N[C@H](C(=O)N[C@H](C(=O)CC4C5CC6CC(C5)CC4C6)c4cc(O)cc(O)c4-c4cc3ccc4O)[C@H](O)c3ccc(c(Cl)c3)Oc3cc2cc(c3O[C@@H]2O[C@H](CO)[C@@H](O)[C@H](O)[C@H]2O)Oc2ccc(cc2Cl)[C@H]1O. The van der Waals surface area contributed by atoms with E-state index in [0.717, 1.165) is 68.5 Å². The maximum absolute atomic E-state index is 16.6. The number of halogens is 2. The average Bonchev–Trinajstić information content (AvgIpc) is 0.791. The number of hydrogen-bond donors (Lipinski definition) is 16. The smallest absolute Gasteiger partial charge is 0.257 e. The van der Waals surface area contributed by atoms with Gasteiger partial charge in [0, 0.05) is 67.4 Å². The number of ketones is 3. The number of phenols is 3. The van der Waals surface area contributed by atoms with Gasteiger partial charge in [-0.25, -0.2) is 0 Å². The van der Waals surface area contributed by atoms with Crippen molar-refractivity contribution in [1.29, 1.82) is 0 Å². The van der Waals surface area contributed by atoms with Crippen molar-refractivity contribution < 1.29 is 118 Å². The highest BCUT2D eigenvalue weighted by molar-refractivity contribution is 6.32. The van der Waals surface area contributed by atoms with Crippen LogP contribution in [0.3, 0.4) is 0 Å². The standard InChI is InChI=1S/C84H95Cl2N7O24/c1-4-39(17-36(2)3)79(107)92-71-57(98)26-47(30-67(101)89-80(108)43-8-12-62(112-15-13-87)63(27-43)113-16-14-88)81(109)90-69-46-28-64(114-60-10-6-41(73(71)102)24-53(60)85)78(117-84-77(106)76(105)75(104)66(35-94)116-84)65(29-46)115-61-11-7-42(25-54(61)86)74(103)72-83(111)91-70(59(100)33-49-44-19-37-18-38(21-44)22-45(49)20-37)52-31-48(95)32-56(97)68(52)51-23-40(5-9-55(51)96)50(34-58(69)99)82(110)93-72/h5-12,23-25,27-29,31-32,36-39,44-45,47,49-50,66,69-77,84,94-97,102-106H,4,13-22,26,30,33-35,87-88H2,1-3H3,(H,90,109)(H,91,111)(H,92,107)(H,93,110)(H,89,101,108)/t37?,38?,39-,44?,45?,47+,49?,50-,66-,69-,70+,71+,72+,73-,74-,75-,76+,77-,84+/m1/s1. The van der Waals surface area contributed by atoms with E-state index in [-0.39, 0.29) is 135 Å². The van der Waals surface area contributed by atoms with E-state index in [1.54, 1.807) is 6.92 Å². The molecule has 15 bridgehead atoms. The van der Waals surface area contributed by atoms with Crippen LogP contribution in [-0.4, -0.2) is 174 Å². The predicted octanol–water partition coefficient (Wildman–Crippen LogP) is 6.38. The molecule has 0 radical (unpaired) electrons. The second-order valence-corrected chi connectivity index (χ2v) is 32.6. The molecule has 4 saturated carbocycles. The molecule has 6 heterocycles. The number of benzene rings is 6. The number of nitrogens with one attached hydrogen (secondary N) is 5. The van der Waals surface area contributed by atoms with Gasteiger partial charge >= 0.3 is 0 Å². The summed E-state index contributed by atoms with van der Waals surface area (Å²) in [5.74, 6) is -17.3. The number of nitrogens with two attached hydrogens (primary N) is 2. The van der Waals surface area contributed by atoms with E-state index in [1.807, 2.05) is 13.8 Å². The minimum absolute atomic E-state index is 0.0325. The highest BCUT2D eigenvalue weighted by Gasteiger charge is 2.51. The van der Waals surface area contributed by atoms with Crippen LogP contribution in [0.2, 0.25) is 10.0 Å². The summed E-state index contributed by atoms with van der Waals surface area (Å²) in [6.07, 6.45) is -12.1. The molecular weight excluding hydrogens is 1560 g/mol. The summed E-state index contributed by atoms with van der Waals surface area (Å²) in [7, 11) is 0. The summed E-state index contributed by atoms with van der Waals surface area (Å²) in [6.45, 7) is 4.66. The number of amides is 6. The van der Waals surface area contributed by atoms with Crippen LogP contribution in [0.15, 0.2) is 97.1 Å². The minimum atomic E-state index is -2.25. The summed E-state index contributed by atoms with van der Waals surface area (Å²) < 4.78 is 37.0. The fraction of sp³-hybridized carbons (Fsp3) is 0.464. The number of rotatable bonds is 20. The molecule has 1 saturated heterocycles. The topological polar surface area (TPSA) is 503 Å². The molecule has 10 aliphatic rings. The highest BCUT2D eigenvalue weighted by atomic mass is 35.5. The number of imide groups is 1. The van der Waals surface area contributed by atoms with Gasteiger partial charge in [0.05, 0.1) is 28.5 Å². The lowest BCUT2D eigenvalue weighted by atomic mass is 9.51. The first-order valence-electron chi connectivity index (χ1n) is 39.2. The number of carbonyl (C=O) groups is 9. The third-order valence-corrected chi connectivity index (χ3v) is 24.0. The molecule has 6 aromatic carbocycles. The third kappa shape index (κ3) is 18.3. The number of Topliss-reactive ketones (excluding diaryl/α,β-unsaturated/α-hetero) is 3. The van der Waals surface area contributed by atoms with Crippen molar-refractivity contribution in [3.05, 3.63) is 140 Å². The second-order valence-electron chi connectivity index (χ2n) is 31.8. The van der Waals surface area contributed by atoms with Gasteiger partial charge in [0.15, 0.2) is 40.3 Å². The molecule has 6 aliphatic heterocycles. The Morgan fingerprint density at radius 3 is 1.88 bits per heavy atom. The summed E-state index contributed by atoms with van der Waals surface area (Å²) in [5, 5.41) is 118. The Labute approximate surface area is 682 Å². The van der Waals surface area contributed by atoms with Gasteiger partial charge < -0.3 is 107 Å². The van der Waals surface area contributed by atoms with Crippen molar-refractivity contribution >= 4 is 76.0 Å². The monoisotopic (exact) mass is 1660 g/mol. The van der Waals surface area contributed by atoms with Gasteiger partial charge in [0.1, 0.15) is 103 Å². The van der Waals surface area contributed by atoms with Crippen molar-refractivity contribution in [3.63, 3.8) is 0 Å². The van der Waals surface area contributed by atoms with Crippen molar-refractivity contribution in [1.82, 2.24) is 26.6 Å². The molecule has 6 aromatic rings. The second kappa shape index (κ2) is 36.1. The van der Waals surface area contributed by atoms with Crippen LogP contribution in [0.4, 0.5) is 0 Å². The first-order valence-corrected chi connectivity index (χ1v) is 40.0. The molecule has 5 fully saturated rings. The van der Waals surface area contributed by atoms with Crippen LogP contribution in [0, 0.1) is 47.3 Å². The highest BCUT2D eigenvalue weighted by Crippen LogP contribution is 2.58. The number of hydrogen-bond acceptors (Lipinski definition) is 26. The lowest BCUT2D eigenvalue weighted by molar-refractivity contribution is -0.277. The Morgan fingerprint density at radius 1 is 0.632 bits per heavy atom. The number of ether oxygens (including phenoxy) is 6. The molecule has 0 spiro atoms.